The first-order valence-electron chi connectivity index (χ1n) is 5.90. The fraction of sp³-hybridized carbons (Fsp3) is 0.308. The normalized spacial score (nSPS) is 12.7. The van der Waals surface area contributed by atoms with Crippen LogP contribution in [0.3, 0.4) is 0 Å². The smallest absolute Gasteiger partial charge is 0.129 e. The van der Waals surface area contributed by atoms with Crippen LogP contribution in [0.2, 0.25) is 5.02 Å². The van der Waals surface area contributed by atoms with Crippen molar-refractivity contribution < 1.29 is 4.39 Å². The summed E-state index contributed by atoms with van der Waals surface area (Å²) in [7, 11) is 1.79. The predicted octanol–water partition coefficient (Wildman–Crippen LogP) is 3.67. The molecule has 0 spiro atoms. The molecule has 102 valence electrons. The third kappa shape index (κ3) is 2.99. The van der Waals surface area contributed by atoms with E-state index in [0.717, 1.165) is 5.69 Å². The van der Waals surface area contributed by atoms with Gasteiger partial charge in [0.05, 0.1) is 23.0 Å². The van der Waals surface area contributed by atoms with E-state index in [1.54, 1.807) is 24.0 Å². The Morgan fingerprint density at radius 2 is 2.26 bits per heavy atom. The minimum Gasteiger partial charge on any atom is -0.305 e. The number of nitrogens with zero attached hydrogens (tertiary/aromatic N) is 2. The fourth-order valence-corrected chi connectivity index (χ4v) is 2.65. The van der Waals surface area contributed by atoms with Gasteiger partial charge in [0.25, 0.3) is 0 Å². The molecule has 0 bridgehead atoms. The van der Waals surface area contributed by atoms with Crippen LogP contribution in [-0.4, -0.2) is 16.3 Å². The van der Waals surface area contributed by atoms with Crippen LogP contribution in [0.5, 0.6) is 0 Å². The minimum absolute atomic E-state index is 0.280. The van der Waals surface area contributed by atoms with Crippen molar-refractivity contribution in [1.82, 2.24) is 15.1 Å². The van der Waals surface area contributed by atoms with Crippen molar-refractivity contribution in [3.8, 4) is 0 Å². The summed E-state index contributed by atoms with van der Waals surface area (Å²) < 4.78 is 16.5. The molecule has 1 N–H and O–H groups in total. The van der Waals surface area contributed by atoms with Crippen molar-refractivity contribution in [2.75, 3.05) is 6.54 Å². The second kappa shape index (κ2) is 6.03. The van der Waals surface area contributed by atoms with Crippen molar-refractivity contribution >= 4 is 27.5 Å². The fourth-order valence-electron chi connectivity index (χ4n) is 2.04. The summed E-state index contributed by atoms with van der Waals surface area (Å²) in [5.41, 5.74) is 1.31. The maximum atomic E-state index is 14.1. The van der Waals surface area contributed by atoms with Crippen molar-refractivity contribution in [3.63, 3.8) is 0 Å². The summed E-state index contributed by atoms with van der Waals surface area (Å²) in [4.78, 5) is 0. The maximum Gasteiger partial charge on any atom is 0.129 e. The van der Waals surface area contributed by atoms with Crippen molar-refractivity contribution in [1.29, 1.82) is 0 Å². The SMILES string of the molecule is CCNC(c1ccc(Br)cc1F)c1c(Cl)cnn1C. The molecule has 0 fully saturated rings. The quantitative estimate of drug-likeness (QED) is 0.915. The first-order chi connectivity index (χ1) is 9.04. The van der Waals surface area contributed by atoms with Gasteiger partial charge < -0.3 is 5.32 Å². The Balaban J connectivity index is 2.51. The Morgan fingerprint density at radius 3 is 2.79 bits per heavy atom. The number of benzene rings is 1. The molecule has 1 unspecified atom stereocenters. The lowest BCUT2D eigenvalue weighted by atomic mass is 10.0. The summed E-state index contributed by atoms with van der Waals surface area (Å²) in [5, 5.41) is 7.87. The van der Waals surface area contributed by atoms with Crippen LogP contribution in [-0.2, 0) is 7.05 Å². The molecule has 1 atom stereocenters. The average molecular weight is 347 g/mol. The standard InChI is InChI=1S/C13H14BrClFN3/c1-3-17-12(13-10(15)7-18-19(13)2)9-5-4-8(14)6-11(9)16/h4-7,12,17H,3H2,1-2H3. The van der Waals surface area contributed by atoms with Crippen molar-refractivity contribution in [2.45, 2.75) is 13.0 Å². The van der Waals surface area contributed by atoms with E-state index in [0.29, 0.717) is 21.6 Å². The number of hydrogen-bond acceptors (Lipinski definition) is 2. The zero-order valence-electron chi connectivity index (χ0n) is 10.6. The average Bonchev–Trinajstić information content (AvgIpc) is 2.67. The van der Waals surface area contributed by atoms with Crippen molar-refractivity contribution in [2.24, 2.45) is 7.05 Å². The Bertz CT molecular complexity index is 566. The third-order valence-corrected chi connectivity index (χ3v) is 3.68. The number of rotatable bonds is 4. The van der Waals surface area contributed by atoms with E-state index < -0.39 is 0 Å². The van der Waals surface area contributed by atoms with Crippen LogP contribution in [0.1, 0.15) is 24.2 Å². The van der Waals surface area contributed by atoms with E-state index in [9.17, 15) is 4.39 Å². The lowest BCUT2D eigenvalue weighted by Gasteiger charge is -2.20. The zero-order chi connectivity index (χ0) is 14.0. The number of aromatic nitrogens is 2. The summed E-state index contributed by atoms with van der Waals surface area (Å²) in [6.45, 7) is 2.66. The van der Waals surface area contributed by atoms with Gasteiger partial charge >= 0.3 is 0 Å². The highest BCUT2D eigenvalue weighted by molar-refractivity contribution is 9.10. The predicted molar refractivity (Wildman–Crippen MR) is 77.8 cm³/mol. The largest absolute Gasteiger partial charge is 0.305 e. The molecular formula is C13H14BrClFN3. The molecule has 0 radical (unpaired) electrons. The molecule has 1 aromatic heterocycles. The van der Waals surface area contributed by atoms with E-state index in [-0.39, 0.29) is 11.9 Å². The third-order valence-electron chi connectivity index (χ3n) is 2.89. The number of aryl methyl sites for hydroxylation is 1. The molecule has 0 saturated carbocycles. The maximum absolute atomic E-state index is 14.1. The molecule has 1 heterocycles. The van der Waals surface area contributed by atoms with Gasteiger partial charge in [-0.25, -0.2) is 4.39 Å². The lowest BCUT2D eigenvalue weighted by molar-refractivity contribution is 0.532. The van der Waals surface area contributed by atoms with E-state index in [1.165, 1.54) is 6.07 Å². The van der Waals surface area contributed by atoms with Crippen LogP contribution >= 0.6 is 27.5 Å². The van der Waals surface area contributed by atoms with Gasteiger partial charge in [-0.2, -0.15) is 5.10 Å². The van der Waals surface area contributed by atoms with Crippen molar-refractivity contribution in [3.05, 3.63) is 51.0 Å². The number of hydrogen-bond donors (Lipinski definition) is 1. The van der Waals surface area contributed by atoms with Crippen LogP contribution in [0.25, 0.3) is 0 Å². The Hall–Kier alpha value is -0.910. The molecule has 0 amide bonds. The highest BCUT2D eigenvalue weighted by Gasteiger charge is 2.23. The van der Waals surface area contributed by atoms with Gasteiger partial charge in [-0.15, -0.1) is 0 Å². The number of nitrogens with one attached hydrogen (secondary N) is 1. The Kier molecular flexibility index (Phi) is 4.60. The van der Waals surface area contributed by atoms with Crippen LogP contribution in [0.4, 0.5) is 4.39 Å². The van der Waals surface area contributed by atoms with Crippen LogP contribution in [0, 0.1) is 5.82 Å². The van der Waals surface area contributed by atoms with Gasteiger partial charge in [0.1, 0.15) is 5.82 Å². The summed E-state index contributed by atoms with van der Waals surface area (Å²) in [6.07, 6.45) is 1.57. The molecule has 2 rings (SSSR count). The van der Waals surface area contributed by atoms with E-state index in [4.69, 9.17) is 11.6 Å². The van der Waals surface area contributed by atoms with Crippen LogP contribution < -0.4 is 5.32 Å². The molecule has 0 saturated heterocycles. The highest BCUT2D eigenvalue weighted by Crippen LogP contribution is 2.30. The molecule has 0 aliphatic heterocycles. The zero-order valence-corrected chi connectivity index (χ0v) is 13.0. The molecule has 1 aromatic carbocycles. The Labute approximate surface area is 124 Å². The molecule has 2 aromatic rings. The second-order valence-corrected chi connectivity index (χ2v) is 5.48. The number of halogens is 3. The first kappa shape index (κ1) is 14.5. The summed E-state index contributed by atoms with van der Waals surface area (Å²) >= 11 is 9.41. The van der Waals surface area contributed by atoms with Crippen LogP contribution in [0.15, 0.2) is 28.9 Å². The minimum atomic E-state index is -0.321. The summed E-state index contributed by atoms with van der Waals surface area (Å²) in [5.74, 6) is -0.280. The van der Waals surface area contributed by atoms with Gasteiger partial charge in [-0.05, 0) is 18.7 Å². The van der Waals surface area contributed by atoms with Gasteiger partial charge in [-0.1, -0.05) is 40.5 Å². The van der Waals surface area contributed by atoms with E-state index in [2.05, 4.69) is 26.3 Å². The van der Waals surface area contributed by atoms with Gasteiger partial charge in [0.15, 0.2) is 0 Å². The lowest BCUT2D eigenvalue weighted by Crippen LogP contribution is -2.25. The van der Waals surface area contributed by atoms with Gasteiger partial charge in [0, 0.05) is 17.1 Å². The second-order valence-electron chi connectivity index (χ2n) is 4.16. The Morgan fingerprint density at radius 1 is 1.53 bits per heavy atom. The van der Waals surface area contributed by atoms with E-state index >= 15 is 0 Å². The molecule has 19 heavy (non-hydrogen) atoms. The van der Waals surface area contributed by atoms with Gasteiger partial charge in [0.2, 0.25) is 0 Å². The molecular weight excluding hydrogens is 333 g/mol. The monoisotopic (exact) mass is 345 g/mol. The molecule has 0 aliphatic carbocycles. The molecule has 6 heteroatoms. The first-order valence-corrected chi connectivity index (χ1v) is 7.07. The summed E-state index contributed by atoms with van der Waals surface area (Å²) in [6, 6.07) is 4.69. The van der Waals surface area contributed by atoms with E-state index in [1.807, 2.05) is 13.0 Å². The molecule has 3 nitrogen and oxygen atoms in total. The van der Waals surface area contributed by atoms with Gasteiger partial charge in [-0.3, -0.25) is 4.68 Å². The highest BCUT2D eigenvalue weighted by atomic mass is 79.9. The molecule has 0 aliphatic rings. The topological polar surface area (TPSA) is 29.9 Å².